The quantitative estimate of drug-likeness (QED) is 0.515. The Bertz CT molecular complexity index is 954. The molecule has 1 saturated carbocycles. The van der Waals surface area contributed by atoms with Crippen molar-refractivity contribution in [1.82, 2.24) is 24.2 Å². The second-order valence-corrected chi connectivity index (χ2v) is 9.39. The molecule has 2 heterocycles. The van der Waals surface area contributed by atoms with Gasteiger partial charge in [0.1, 0.15) is 5.69 Å². The standard InChI is InChI=1S/C24H31N5OS/c1-2-15-26-31(30)29(18-19-8-4-3-5-9-19)21-13-11-20(12-14-21)23-17-24(28-27-23)22-10-6-7-16-25-22/h3-10,16-17,20-21,26H,2,11-15,18H2,1H3,(H,27,28). The van der Waals surface area contributed by atoms with Gasteiger partial charge in [0.2, 0.25) is 0 Å². The molecular weight excluding hydrogens is 406 g/mol. The lowest BCUT2D eigenvalue weighted by Crippen LogP contribution is -2.43. The molecule has 0 spiro atoms. The van der Waals surface area contributed by atoms with E-state index in [-0.39, 0.29) is 0 Å². The van der Waals surface area contributed by atoms with Crippen LogP contribution in [0.2, 0.25) is 0 Å². The van der Waals surface area contributed by atoms with Crippen molar-refractivity contribution in [2.45, 2.75) is 57.5 Å². The summed E-state index contributed by atoms with van der Waals surface area (Å²) < 4.78 is 18.4. The van der Waals surface area contributed by atoms with Crippen molar-refractivity contribution < 1.29 is 4.21 Å². The van der Waals surface area contributed by atoms with Crippen molar-refractivity contribution in [1.29, 1.82) is 0 Å². The highest BCUT2D eigenvalue weighted by atomic mass is 32.2. The van der Waals surface area contributed by atoms with Crippen molar-refractivity contribution in [3.63, 3.8) is 0 Å². The van der Waals surface area contributed by atoms with Crippen LogP contribution >= 0.6 is 0 Å². The van der Waals surface area contributed by atoms with E-state index in [4.69, 9.17) is 0 Å². The minimum atomic E-state index is -1.18. The first-order valence-corrected chi connectivity index (χ1v) is 12.3. The van der Waals surface area contributed by atoms with Crippen LogP contribution in [-0.4, -0.2) is 36.3 Å². The van der Waals surface area contributed by atoms with E-state index >= 15 is 0 Å². The van der Waals surface area contributed by atoms with Crippen LogP contribution in [-0.2, 0) is 17.7 Å². The number of nitrogens with one attached hydrogen (secondary N) is 2. The Morgan fingerprint density at radius 3 is 2.55 bits per heavy atom. The Balaban J connectivity index is 1.41. The third kappa shape index (κ3) is 5.67. The van der Waals surface area contributed by atoms with Gasteiger partial charge in [0.15, 0.2) is 11.2 Å². The summed E-state index contributed by atoms with van der Waals surface area (Å²) in [6.07, 6.45) is 6.93. The predicted octanol–water partition coefficient (Wildman–Crippen LogP) is 4.58. The van der Waals surface area contributed by atoms with Gasteiger partial charge in [-0.05, 0) is 55.9 Å². The summed E-state index contributed by atoms with van der Waals surface area (Å²) in [5, 5.41) is 7.71. The highest BCUT2D eigenvalue weighted by Gasteiger charge is 2.30. The van der Waals surface area contributed by atoms with Crippen molar-refractivity contribution in [3.8, 4) is 11.4 Å². The van der Waals surface area contributed by atoms with Gasteiger partial charge >= 0.3 is 0 Å². The molecule has 1 atom stereocenters. The zero-order chi connectivity index (χ0) is 21.5. The summed E-state index contributed by atoms with van der Waals surface area (Å²) in [6.45, 7) is 3.56. The zero-order valence-electron chi connectivity index (χ0n) is 18.0. The number of aromatic amines is 1. The first-order chi connectivity index (χ1) is 15.2. The van der Waals surface area contributed by atoms with Crippen LogP contribution in [0.3, 0.4) is 0 Å². The molecule has 1 unspecified atom stereocenters. The van der Waals surface area contributed by atoms with Gasteiger partial charge in [-0.1, -0.05) is 43.3 Å². The number of aromatic nitrogens is 3. The zero-order valence-corrected chi connectivity index (χ0v) is 18.9. The summed E-state index contributed by atoms with van der Waals surface area (Å²) in [6, 6.07) is 18.7. The monoisotopic (exact) mass is 437 g/mol. The Labute approximate surface area is 187 Å². The van der Waals surface area contributed by atoms with Crippen LogP contribution in [0.15, 0.2) is 60.8 Å². The van der Waals surface area contributed by atoms with Crippen LogP contribution in [0.5, 0.6) is 0 Å². The van der Waals surface area contributed by atoms with Crippen LogP contribution in [0, 0.1) is 0 Å². The Hall–Kier alpha value is -2.35. The molecule has 0 aliphatic heterocycles. The maximum absolute atomic E-state index is 13.0. The van der Waals surface area contributed by atoms with E-state index < -0.39 is 11.2 Å². The Morgan fingerprint density at radius 2 is 1.84 bits per heavy atom. The van der Waals surface area contributed by atoms with Crippen molar-refractivity contribution in [3.05, 3.63) is 72.1 Å². The van der Waals surface area contributed by atoms with Gasteiger partial charge in [0.05, 0.1) is 5.69 Å². The van der Waals surface area contributed by atoms with Gasteiger partial charge in [-0.3, -0.25) is 10.1 Å². The lowest BCUT2D eigenvalue weighted by Gasteiger charge is -2.35. The predicted molar refractivity (Wildman–Crippen MR) is 125 cm³/mol. The van der Waals surface area contributed by atoms with Crippen LogP contribution in [0.1, 0.15) is 56.2 Å². The summed E-state index contributed by atoms with van der Waals surface area (Å²) in [5.74, 6) is 0.455. The molecule has 0 radical (unpaired) electrons. The van der Waals surface area contributed by atoms with Gasteiger partial charge in [0.25, 0.3) is 0 Å². The minimum absolute atomic E-state index is 0.305. The number of rotatable bonds is 9. The SMILES string of the molecule is CCCNS(=O)N(Cc1ccccc1)C1CCC(c2cc(-c3ccccn3)n[nH]2)CC1. The molecule has 0 bridgehead atoms. The molecule has 1 aliphatic rings. The van der Waals surface area contributed by atoms with Crippen LogP contribution in [0.4, 0.5) is 0 Å². The molecule has 0 amide bonds. The van der Waals surface area contributed by atoms with Crippen LogP contribution in [0.25, 0.3) is 11.4 Å². The lowest BCUT2D eigenvalue weighted by atomic mass is 9.84. The fourth-order valence-corrected chi connectivity index (χ4v) is 5.52. The molecule has 2 N–H and O–H groups in total. The van der Waals surface area contributed by atoms with Crippen molar-refractivity contribution >= 4 is 11.2 Å². The first-order valence-electron chi connectivity index (χ1n) is 11.2. The molecular formula is C24H31N5OS. The molecule has 3 aromatic rings. The normalized spacial score (nSPS) is 20.1. The maximum Gasteiger partial charge on any atom is 0.170 e. The number of hydrogen-bond donors (Lipinski definition) is 2. The number of hydrogen-bond acceptors (Lipinski definition) is 3. The molecule has 1 aromatic carbocycles. The fraction of sp³-hybridized carbons (Fsp3) is 0.417. The van der Waals surface area contributed by atoms with E-state index in [0.717, 1.165) is 50.0 Å². The summed E-state index contributed by atoms with van der Waals surface area (Å²) in [5.41, 5.74) is 4.17. The molecule has 0 saturated heterocycles. The molecule has 31 heavy (non-hydrogen) atoms. The van der Waals surface area contributed by atoms with E-state index in [1.807, 2.05) is 36.4 Å². The second-order valence-electron chi connectivity index (χ2n) is 8.13. The second kappa shape index (κ2) is 10.8. The average Bonchev–Trinajstić information content (AvgIpc) is 3.33. The topological polar surface area (TPSA) is 73.9 Å². The van der Waals surface area contributed by atoms with E-state index in [9.17, 15) is 4.21 Å². The molecule has 7 heteroatoms. The van der Waals surface area contributed by atoms with Gasteiger partial charge in [-0.2, -0.15) is 5.10 Å². The minimum Gasteiger partial charge on any atom is -0.282 e. The highest BCUT2D eigenvalue weighted by molar-refractivity contribution is 7.80. The molecule has 2 aromatic heterocycles. The molecule has 1 aliphatic carbocycles. The lowest BCUT2D eigenvalue weighted by molar-refractivity contribution is 0.240. The Kier molecular flexibility index (Phi) is 7.61. The van der Waals surface area contributed by atoms with E-state index in [2.05, 4.69) is 49.3 Å². The molecule has 6 nitrogen and oxygen atoms in total. The first kappa shape index (κ1) is 21.9. The van der Waals surface area contributed by atoms with E-state index in [0.29, 0.717) is 18.5 Å². The smallest absolute Gasteiger partial charge is 0.170 e. The average molecular weight is 438 g/mol. The molecule has 164 valence electrons. The number of H-pyrrole nitrogens is 1. The largest absolute Gasteiger partial charge is 0.282 e. The van der Waals surface area contributed by atoms with Gasteiger partial charge in [-0.15, -0.1) is 0 Å². The third-order valence-electron chi connectivity index (χ3n) is 5.94. The van der Waals surface area contributed by atoms with Gasteiger partial charge in [-0.25, -0.2) is 13.2 Å². The third-order valence-corrected chi connectivity index (χ3v) is 7.24. The molecule has 1 fully saturated rings. The number of pyridine rings is 1. The van der Waals surface area contributed by atoms with Crippen molar-refractivity contribution in [2.24, 2.45) is 0 Å². The van der Waals surface area contributed by atoms with Crippen LogP contribution < -0.4 is 4.72 Å². The highest BCUT2D eigenvalue weighted by Crippen LogP contribution is 2.35. The van der Waals surface area contributed by atoms with E-state index in [1.165, 1.54) is 11.3 Å². The number of nitrogens with zero attached hydrogens (tertiary/aromatic N) is 3. The number of benzene rings is 1. The maximum atomic E-state index is 13.0. The van der Waals surface area contributed by atoms with Gasteiger partial charge in [0, 0.05) is 36.9 Å². The summed E-state index contributed by atoms with van der Waals surface area (Å²) >= 11 is -1.18. The molecule has 4 rings (SSSR count). The summed E-state index contributed by atoms with van der Waals surface area (Å²) in [7, 11) is 0. The fourth-order valence-electron chi connectivity index (χ4n) is 4.22. The Morgan fingerprint density at radius 1 is 1.06 bits per heavy atom. The van der Waals surface area contributed by atoms with Gasteiger partial charge < -0.3 is 0 Å². The summed E-state index contributed by atoms with van der Waals surface area (Å²) in [4.78, 5) is 4.40. The van der Waals surface area contributed by atoms with Crippen molar-refractivity contribution in [2.75, 3.05) is 6.54 Å². The van der Waals surface area contributed by atoms with E-state index in [1.54, 1.807) is 6.20 Å².